The molecular weight excluding hydrogens is 318 g/mol. The number of Topliss-reactive ketones (excluding diaryl/α,β-unsaturated/α-hetero) is 1. The minimum Gasteiger partial charge on any atom is -0.292 e. The van der Waals surface area contributed by atoms with Crippen LogP contribution in [0, 0.1) is 0 Å². The fourth-order valence-corrected chi connectivity index (χ4v) is 3.80. The lowest BCUT2D eigenvalue weighted by Gasteiger charge is -2.08. The molecule has 0 bridgehead atoms. The van der Waals surface area contributed by atoms with E-state index in [2.05, 4.69) is 43.0 Å². The Morgan fingerprint density at radius 2 is 1.31 bits per heavy atom. The highest BCUT2D eigenvalue weighted by atomic mass is 16.1. The number of carbonyl (C=O) groups is 1. The molecule has 3 aromatic rings. The molecule has 2 heteroatoms. The summed E-state index contributed by atoms with van der Waals surface area (Å²) in [6.07, 6.45) is 0. The highest BCUT2D eigenvalue weighted by Gasteiger charge is 2.54. The van der Waals surface area contributed by atoms with Gasteiger partial charge in [-0.2, -0.15) is 0 Å². The Hall–Kier alpha value is -2.71. The van der Waals surface area contributed by atoms with Gasteiger partial charge in [-0.1, -0.05) is 84.9 Å². The van der Waals surface area contributed by atoms with Crippen LogP contribution in [0.1, 0.15) is 35.8 Å². The van der Waals surface area contributed by atoms with Gasteiger partial charge in [-0.05, 0) is 30.5 Å². The summed E-state index contributed by atoms with van der Waals surface area (Å²) in [5.74, 6) is 0.215. The van der Waals surface area contributed by atoms with Gasteiger partial charge in [0.15, 0.2) is 5.78 Å². The normalized spacial score (nSPS) is 21.6. The zero-order valence-electron chi connectivity index (χ0n) is 15.2. The number of nitrogens with zero attached hydrogens (tertiary/aromatic N) is 1. The van der Waals surface area contributed by atoms with Gasteiger partial charge >= 0.3 is 0 Å². The number of rotatable bonds is 5. The van der Waals surface area contributed by atoms with E-state index in [9.17, 15) is 4.79 Å². The molecule has 0 N–H and O–H groups in total. The van der Waals surface area contributed by atoms with Gasteiger partial charge in [-0.15, -0.1) is 0 Å². The average molecular weight is 341 g/mol. The van der Waals surface area contributed by atoms with Gasteiger partial charge in [0, 0.05) is 11.6 Å². The molecule has 1 saturated heterocycles. The highest BCUT2D eigenvalue weighted by Crippen LogP contribution is 2.46. The molecule has 2 nitrogen and oxygen atoms in total. The third-order valence-electron chi connectivity index (χ3n) is 5.13. The molecule has 0 saturated carbocycles. The lowest BCUT2D eigenvalue weighted by molar-refractivity contribution is 0.0969. The summed E-state index contributed by atoms with van der Waals surface area (Å²) in [4.78, 5) is 15.4. The molecule has 1 aliphatic heterocycles. The van der Waals surface area contributed by atoms with E-state index in [1.165, 1.54) is 11.1 Å². The number of ketones is 1. The third kappa shape index (κ3) is 3.09. The second-order valence-electron chi connectivity index (χ2n) is 7.15. The summed E-state index contributed by atoms with van der Waals surface area (Å²) in [6.45, 7) is 4.31. The first-order valence-corrected chi connectivity index (χ1v) is 9.19. The quantitative estimate of drug-likeness (QED) is 0.459. The van der Waals surface area contributed by atoms with E-state index in [0.29, 0.717) is 6.04 Å². The minimum absolute atomic E-state index is 0.0556. The van der Waals surface area contributed by atoms with Crippen LogP contribution in [0.3, 0.4) is 0 Å². The van der Waals surface area contributed by atoms with Crippen LogP contribution >= 0.6 is 0 Å². The Kier molecular flexibility index (Phi) is 4.44. The molecule has 3 atom stereocenters. The van der Waals surface area contributed by atoms with Crippen LogP contribution in [-0.2, 0) is 0 Å². The van der Waals surface area contributed by atoms with Crippen molar-refractivity contribution in [3.8, 4) is 11.1 Å². The molecule has 130 valence electrons. The Morgan fingerprint density at radius 3 is 1.88 bits per heavy atom. The Bertz CT molecular complexity index is 885. The van der Waals surface area contributed by atoms with E-state index in [1.54, 1.807) is 0 Å². The number of hydrogen-bond acceptors (Lipinski definition) is 2. The van der Waals surface area contributed by atoms with Crippen molar-refractivity contribution < 1.29 is 4.79 Å². The molecule has 4 rings (SSSR count). The second-order valence-corrected chi connectivity index (χ2v) is 7.15. The van der Waals surface area contributed by atoms with Crippen LogP contribution < -0.4 is 0 Å². The summed E-state index contributed by atoms with van der Waals surface area (Å²) in [6, 6.07) is 29.1. The Labute approximate surface area is 155 Å². The second kappa shape index (κ2) is 6.89. The highest BCUT2D eigenvalue weighted by molar-refractivity contribution is 6.03. The van der Waals surface area contributed by atoms with E-state index in [1.807, 2.05) is 60.7 Å². The summed E-state index contributed by atoms with van der Waals surface area (Å²) in [5.41, 5.74) is 4.32. The maximum atomic E-state index is 13.1. The summed E-state index contributed by atoms with van der Waals surface area (Å²) in [7, 11) is 0. The molecule has 1 unspecified atom stereocenters. The first-order valence-electron chi connectivity index (χ1n) is 9.19. The molecule has 3 aromatic carbocycles. The molecule has 26 heavy (non-hydrogen) atoms. The van der Waals surface area contributed by atoms with Gasteiger partial charge in [0.1, 0.15) is 0 Å². The van der Waals surface area contributed by atoms with Crippen molar-refractivity contribution in [2.24, 2.45) is 0 Å². The zero-order chi connectivity index (χ0) is 18.1. The van der Waals surface area contributed by atoms with Crippen LogP contribution in [0.2, 0.25) is 0 Å². The molecule has 0 aromatic heterocycles. The van der Waals surface area contributed by atoms with Gasteiger partial charge in [0.25, 0.3) is 0 Å². The Balaban J connectivity index is 1.57. The Morgan fingerprint density at radius 1 is 0.769 bits per heavy atom. The van der Waals surface area contributed by atoms with Crippen molar-refractivity contribution in [1.82, 2.24) is 4.90 Å². The average Bonchev–Trinajstić information content (AvgIpc) is 3.45. The van der Waals surface area contributed by atoms with Gasteiger partial charge < -0.3 is 0 Å². The third-order valence-corrected chi connectivity index (χ3v) is 5.13. The SMILES string of the molecule is CC(C)N1[C@H](C(=O)c2ccc(-c3ccccc3)cc2)[C@H]1c1ccccc1. The van der Waals surface area contributed by atoms with Crippen LogP contribution in [0.4, 0.5) is 0 Å². The lowest BCUT2D eigenvalue weighted by atomic mass is 9.99. The van der Waals surface area contributed by atoms with Crippen LogP contribution in [-0.4, -0.2) is 22.8 Å². The number of hydrogen-bond donors (Lipinski definition) is 0. The van der Waals surface area contributed by atoms with Gasteiger partial charge in [-0.3, -0.25) is 9.69 Å². The van der Waals surface area contributed by atoms with Gasteiger partial charge in [0.2, 0.25) is 0 Å². The first-order chi connectivity index (χ1) is 12.7. The predicted octanol–water partition coefficient (Wildman–Crippen LogP) is 5.37. The molecule has 1 aliphatic rings. The molecule has 0 amide bonds. The fraction of sp³-hybridized carbons (Fsp3) is 0.208. The van der Waals surface area contributed by atoms with Gasteiger partial charge in [0.05, 0.1) is 12.1 Å². The maximum Gasteiger partial charge on any atom is 0.181 e. The van der Waals surface area contributed by atoms with Crippen molar-refractivity contribution in [2.45, 2.75) is 32.0 Å². The van der Waals surface area contributed by atoms with Crippen molar-refractivity contribution in [2.75, 3.05) is 0 Å². The largest absolute Gasteiger partial charge is 0.292 e. The minimum atomic E-state index is -0.0556. The maximum absolute atomic E-state index is 13.1. The summed E-state index contributed by atoms with van der Waals surface area (Å²) in [5, 5.41) is 0. The van der Waals surface area contributed by atoms with E-state index < -0.39 is 0 Å². The monoisotopic (exact) mass is 341 g/mol. The lowest BCUT2D eigenvalue weighted by Crippen LogP contribution is -2.18. The van der Waals surface area contributed by atoms with Crippen molar-refractivity contribution in [1.29, 1.82) is 0 Å². The van der Waals surface area contributed by atoms with Gasteiger partial charge in [-0.25, -0.2) is 0 Å². The summed E-state index contributed by atoms with van der Waals surface area (Å²) >= 11 is 0. The van der Waals surface area contributed by atoms with E-state index in [0.717, 1.165) is 11.1 Å². The van der Waals surface area contributed by atoms with E-state index in [-0.39, 0.29) is 17.9 Å². The first kappa shape index (κ1) is 16.7. The molecule has 0 spiro atoms. The van der Waals surface area contributed by atoms with Crippen LogP contribution in [0.5, 0.6) is 0 Å². The summed E-state index contributed by atoms with van der Waals surface area (Å²) < 4.78 is 0. The molecule has 1 fully saturated rings. The molecule has 0 radical (unpaired) electrons. The van der Waals surface area contributed by atoms with E-state index >= 15 is 0 Å². The topological polar surface area (TPSA) is 20.1 Å². The van der Waals surface area contributed by atoms with Crippen molar-refractivity contribution in [3.05, 3.63) is 96.1 Å². The molecule has 1 heterocycles. The van der Waals surface area contributed by atoms with Crippen molar-refractivity contribution >= 4 is 5.78 Å². The number of carbonyl (C=O) groups excluding carboxylic acids is 1. The van der Waals surface area contributed by atoms with Crippen LogP contribution in [0.15, 0.2) is 84.9 Å². The van der Waals surface area contributed by atoms with Crippen LogP contribution in [0.25, 0.3) is 11.1 Å². The fourth-order valence-electron chi connectivity index (χ4n) is 3.80. The zero-order valence-corrected chi connectivity index (χ0v) is 15.2. The predicted molar refractivity (Wildman–Crippen MR) is 106 cm³/mol. The standard InChI is InChI=1S/C24H23NO/c1-17(2)25-22(20-11-7-4-8-12-20)23(25)24(26)21-15-13-19(14-16-21)18-9-5-3-6-10-18/h3-17,22-23H,1-2H3/t22-,23+,25?/m1/s1. The molecular formula is C24H23NO. The van der Waals surface area contributed by atoms with E-state index in [4.69, 9.17) is 0 Å². The molecule has 0 aliphatic carbocycles. The van der Waals surface area contributed by atoms with Crippen molar-refractivity contribution in [3.63, 3.8) is 0 Å². The smallest absolute Gasteiger partial charge is 0.181 e. The number of benzene rings is 3.